The Morgan fingerprint density at radius 1 is 1.03 bits per heavy atom. The highest BCUT2D eigenvalue weighted by molar-refractivity contribution is 7.80. The summed E-state index contributed by atoms with van der Waals surface area (Å²) in [5.74, 6) is -2.01. The molecule has 1 saturated heterocycles. The van der Waals surface area contributed by atoms with Gasteiger partial charge >= 0.3 is 5.97 Å². The van der Waals surface area contributed by atoms with E-state index in [0.717, 1.165) is 11.4 Å². The second kappa shape index (κ2) is 9.48. The maximum atomic E-state index is 13.5. The molecule has 1 aliphatic heterocycles. The molecule has 0 atom stereocenters. The second-order valence-corrected chi connectivity index (χ2v) is 8.83. The van der Waals surface area contributed by atoms with Gasteiger partial charge in [-0.05, 0) is 93.2 Å². The van der Waals surface area contributed by atoms with Gasteiger partial charge in [0.05, 0.1) is 11.3 Å². The number of benzene rings is 2. The maximum absolute atomic E-state index is 13.5. The number of carboxylic acid groups (broad SMARTS) is 1. The number of hydrogen-bond acceptors (Lipinski definition) is 4. The average molecular weight is 508 g/mol. The van der Waals surface area contributed by atoms with E-state index >= 15 is 0 Å². The molecule has 0 radical (unpaired) electrons. The van der Waals surface area contributed by atoms with E-state index in [9.17, 15) is 19.5 Å². The number of likely N-dealkylation sites (N-methyl/N-ethyl adjacent to an activating group) is 1. The van der Waals surface area contributed by atoms with Crippen LogP contribution in [0.2, 0.25) is 5.02 Å². The number of aryl methyl sites for hydroxylation is 1. The monoisotopic (exact) mass is 507 g/mol. The van der Waals surface area contributed by atoms with Crippen molar-refractivity contribution in [2.75, 3.05) is 11.4 Å². The summed E-state index contributed by atoms with van der Waals surface area (Å²) in [6, 6.07) is 15.1. The molecule has 178 valence electrons. The smallest absolute Gasteiger partial charge is 0.335 e. The van der Waals surface area contributed by atoms with E-state index in [0.29, 0.717) is 28.5 Å². The van der Waals surface area contributed by atoms with Gasteiger partial charge in [-0.15, -0.1) is 0 Å². The number of anilines is 1. The van der Waals surface area contributed by atoms with Gasteiger partial charge in [-0.25, -0.2) is 4.79 Å². The molecule has 2 aromatic carbocycles. The van der Waals surface area contributed by atoms with Crippen molar-refractivity contribution in [2.45, 2.75) is 20.8 Å². The fraction of sp³-hybridized carbons (Fsp3) is 0.154. The Kier molecular flexibility index (Phi) is 6.60. The van der Waals surface area contributed by atoms with E-state index < -0.39 is 17.8 Å². The second-order valence-electron chi connectivity index (χ2n) is 8.02. The van der Waals surface area contributed by atoms with Crippen LogP contribution in [0.1, 0.15) is 34.2 Å². The molecule has 0 bridgehead atoms. The van der Waals surface area contributed by atoms with E-state index in [1.807, 2.05) is 24.5 Å². The number of carboxylic acids is 1. The largest absolute Gasteiger partial charge is 0.478 e. The molecule has 1 aliphatic rings. The maximum Gasteiger partial charge on any atom is 0.335 e. The van der Waals surface area contributed by atoms with Crippen molar-refractivity contribution in [1.82, 2.24) is 9.47 Å². The third-order valence-corrected chi connectivity index (χ3v) is 6.51. The summed E-state index contributed by atoms with van der Waals surface area (Å²) in [5.41, 5.74) is 3.58. The summed E-state index contributed by atoms with van der Waals surface area (Å²) >= 11 is 11.5. The first-order valence-corrected chi connectivity index (χ1v) is 11.6. The highest BCUT2D eigenvalue weighted by Gasteiger charge is 2.39. The topological polar surface area (TPSA) is 82.9 Å². The van der Waals surface area contributed by atoms with E-state index in [-0.39, 0.29) is 16.2 Å². The van der Waals surface area contributed by atoms with E-state index in [2.05, 4.69) is 0 Å². The van der Waals surface area contributed by atoms with Crippen LogP contribution in [0.4, 0.5) is 5.69 Å². The highest BCUT2D eigenvalue weighted by Crippen LogP contribution is 2.29. The van der Waals surface area contributed by atoms with Crippen LogP contribution in [0.3, 0.4) is 0 Å². The first kappa shape index (κ1) is 24.4. The zero-order chi connectivity index (χ0) is 25.4. The van der Waals surface area contributed by atoms with Gasteiger partial charge in [0.1, 0.15) is 5.57 Å². The molecule has 35 heavy (non-hydrogen) atoms. The Bertz CT molecular complexity index is 1410. The Labute approximate surface area is 212 Å². The summed E-state index contributed by atoms with van der Waals surface area (Å²) in [6.07, 6.45) is 1.57. The Morgan fingerprint density at radius 3 is 2.34 bits per heavy atom. The van der Waals surface area contributed by atoms with Crippen molar-refractivity contribution in [3.05, 3.63) is 87.7 Å². The average Bonchev–Trinajstić information content (AvgIpc) is 3.11. The summed E-state index contributed by atoms with van der Waals surface area (Å²) < 4.78 is 1.88. The van der Waals surface area contributed by atoms with Gasteiger partial charge in [-0.1, -0.05) is 17.7 Å². The van der Waals surface area contributed by atoms with Crippen LogP contribution < -0.4 is 4.90 Å². The molecule has 0 unspecified atom stereocenters. The normalized spacial score (nSPS) is 15.3. The quantitative estimate of drug-likeness (QED) is 0.298. The molecule has 1 aromatic heterocycles. The molecule has 1 N–H and O–H groups in total. The zero-order valence-electron chi connectivity index (χ0n) is 19.3. The van der Waals surface area contributed by atoms with Crippen molar-refractivity contribution in [3.63, 3.8) is 0 Å². The first-order chi connectivity index (χ1) is 16.6. The molecule has 0 saturated carbocycles. The van der Waals surface area contributed by atoms with E-state index in [1.165, 1.54) is 15.9 Å². The number of hydrogen-bond donors (Lipinski definition) is 1. The van der Waals surface area contributed by atoms with Crippen molar-refractivity contribution >= 4 is 58.5 Å². The summed E-state index contributed by atoms with van der Waals surface area (Å²) in [7, 11) is 0. The number of thiocarbonyl (C=S) groups is 1. The van der Waals surface area contributed by atoms with Gasteiger partial charge in [0.25, 0.3) is 11.8 Å². The SMILES string of the molecule is CCN1C(=O)/C(=C\c2cc(C)n(-c3cccc(C(=O)O)c3)c2C)C(=O)N(c2ccc(Cl)cc2)C1=S. The summed E-state index contributed by atoms with van der Waals surface area (Å²) in [5, 5.41) is 9.98. The lowest BCUT2D eigenvalue weighted by molar-refractivity contribution is -0.127. The fourth-order valence-corrected chi connectivity index (χ4v) is 4.66. The molecular weight excluding hydrogens is 486 g/mol. The number of nitrogens with zero attached hydrogens (tertiary/aromatic N) is 3. The summed E-state index contributed by atoms with van der Waals surface area (Å²) in [4.78, 5) is 40.9. The predicted molar refractivity (Wildman–Crippen MR) is 139 cm³/mol. The van der Waals surface area contributed by atoms with Crippen molar-refractivity contribution in [2.24, 2.45) is 0 Å². The Morgan fingerprint density at radius 2 is 1.71 bits per heavy atom. The minimum absolute atomic E-state index is 0.0186. The molecule has 2 heterocycles. The number of aromatic carboxylic acids is 1. The molecule has 7 nitrogen and oxygen atoms in total. The minimum Gasteiger partial charge on any atom is -0.478 e. The predicted octanol–water partition coefficient (Wildman–Crippen LogP) is 5.01. The van der Waals surface area contributed by atoms with Crippen molar-refractivity contribution in [3.8, 4) is 5.69 Å². The minimum atomic E-state index is -1.02. The van der Waals surface area contributed by atoms with Gasteiger partial charge in [-0.2, -0.15) is 0 Å². The molecule has 0 spiro atoms. The molecule has 9 heteroatoms. The number of aromatic nitrogens is 1. The van der Waals surface area contributed by atoms with Crippen LogP contribution in [-0.4, -0.2) is 44.0 Å². The van der Waals surface area contributed by atoms with Crippen LogP contribution in [0.5, 0.6) is 0 Å². The fourth-order valence-electron chi connectivity index (χ4n) is 4.14. The van der Waals surface area contributed by atoms with Crippen LogP contribution in [0.25, 0.3) is 11.8 Å². The number of rotatable bonds is 5. The van der Waals surface area contributed by atoms with Crippen LogP contribution >= 0.6 is 23.8 Å². The molecule has 1 fully saturated rings. The third kappa shape index (κ3) is 4.38. The van der Waals surface area contributed by atoms with Crippen LogP contribution in [0.15, 0.2) is 60.2 Å². The number of halogens is 1. The lowest BCUT2D eigenvalue weighted by Crippen LogP contribution is -2.56. The molecule has 2 amide bonds. The highest BCUT2D eigenvalue weighted by atomic mass is 35.5. The van der Waals surface area contributed by atoms with Gasteiger partial charge in [-0.3, -0.25) is 19.4 Å². The van der Waals surface area contributed by atoms with Crippen LogP contribution in [0, 0.1) is 13.8 Å². The first-order valence-electron chi connectivity index (χ1n) is 10.8. The molecular formula is C26H22ClN3O4S. The van der Waals surface area contributed by atoms with Crippen molar-refractivity contribution in [1.29, 1.82) is 0 Å². The molecule has 0 aliphatic carbocycles. The lowest BCUT2D eigenvalue weighted by atomic mass is 10.1. The third-order valence-electron chi connectivity index (χ3n) is 5.85. The molecule has 3 aromatic rings. The standard InChI is InChI=1S/C26H22ClN3O4S/c1-4-28-23(31)22(24(32)30(26(28)35)20-10-8-19(27)9-11-20)14-18-12-15(2)29(16(18)3)21-7-5-6-17(13-21)25(33)34/h5-14H,4H2,1-3H3,(H,33,34)/b22-14+. The Hall–Kier alpha value is -3.75. The number of carbonyl (C=O) groups is 3. The summed E-state index contributed by atoms with van der Waals surface area (Å²) in [6.45, 7) is 5.82. The lowest BCUT2D eigenvalue weighted by Gasteiger charge is -2.36. The van der Waals surface area contributed by atoms with E-state index in [4.69, 9.17) is 23.8 Å². The molecule has 4 rings (SSSR count). The van der Waals surface area contributed by atoms with Gasteiger partial charge in [0.2, 0.25) is 0 Å². The van der Waals surface area contributed by atoms with E-state index in [1.54, 1.807) is 55.5 Å². The Balaban J connectivity index is 1.81. The number of carbonyl (C=O) groups excluding carboxylic acids is 2. The number of amides is 2. The van der Waals surface area contributed by atoms with Gasteiger partial charge in [0.15, 0.2) is 5.11 Å². The van der Waals surface area contributed by atoms with Gasteiger partial charge < -0.3 is 9.67 Å². The van der Waals surface area contributed by atoms with Crippen molar-refractivity contribution < 1.29 is 19.5 Å². The van der Waals surface area contributed by atoms with Gasteiger partial charge in [0, 0.05) is 28.6 Å². The van der Waals surface area contributed by atoms with Crippen LogP contribution in [-0.2, 0) is 9.59 Å². The zero-order valence-corrected chi connectivity index (χ0v) is 20.9.